The summed E-state index contributed by atoms with van der Waals surface area (Å²) in [5.74, 6) is 0.655. The number of anilines is 1. The molecule has 2 N–H and O–H groups in total. The molecule has 4 nitrogen and oxygen atoms in total. The molecule has 0 bridgehead atoms. The third-order valence-electron chi connectivity index (χ3n) is 3.61. The van der Waals surface area contributed by atoms with Crippen LogP contribution in [-0.4, -0.2) is 19.8 Å². The molecule has 2 rings (SSSR count). The van der Waals surface area contributed by atoms with Crippen LogP contribution in [0.15, 0.2) is 18.2 Å². The Kier molecular flexibility index (Phi) is 4.34. The van der Waals surface area contributed by atoms with Crippen molar-refractivity contribution in [2.75, 3.05) is 11.0 Å². The van der Waals surface area contributed by atoms with Gasteiger partial charge in [-0.2, -0.15) is 0 Å². The summed E-state index contributed by atoms with van der Waals surface area (Å²) in [5, 5.41) is 9.68. The van der Waals surface area contributed by atoms with Gasteiger partial charge in [0.15, 0.2) is 0 Å². The van der Waals surface area contributed by atoms with E-state index in [1.165, 1.54) is 32.1 Å². The van der Waals surface area contributed by atoms with E-state index >= 15 is 0 Å². The van der Waals surface area contributed by atoms with E-state index in [0.29, 0.717) is 5.92 Å². The first kappa shape index (κ1) is 14.2. The standard InChI is InChI=1S/C14H21NO3S/c1-19(17,18)15-13-10-12(7-8-14(13)16)9-11-5-3-2-4-6-11/h7-8,10-11,15-16H,2-6,9H2,1H3. The summed E-state index contributed by atoms with van der Waals surface area (Å²) in [7, 11) is -3.36. The van der Waals surface area contributed by atoms with Gasteiger partial charge in [0.25, 0.3) is 0 Å². The second-order valence-corrected chi connectivity index (χ2v) is 7.18. The summed E-state index contributed by atoms with van der Waals surface area (Å²) in [5.41, 5.74) is 1.35. The zero-order chi connectivity index (χ0) is 13.9. The zero-order valence-electron chi connectivity index (χ0n) is 11.2. The first-order valence-corrected chi connectivity index (χ1v) is 8.63. The van der Waals surface area contributed by atoms with Gasteiger partial charge in [0.1, 0.15) is 5.75 Å². The Balaban J connectivity index is 2.11. The minimum absolute atomic E-state index is 0.0298. The van der Waals surface area contributed by atoms with Gasteiger partial charge in [0.05, 0.1) is 11.9 Å². The van der Waals surface area contributed by atoms with Gasteiger partial charge in [-0.1, -0.05) is 38.2 Å². The van der Waals surface area contributed by atoms with Crippen molar-refractivity contribution < 1.29 is 13.5 Å². The predicted octanol–water partition coefficient (Wildman–Crippen LogP) is 2.89. The van der Waals surface area contributed by atoms with Crippen molar-refractivity contribution in [1.82, 2.24) is 0 Å². The smallest absolute Gasteiger partial charge is 0.229 e. The molecule has 0 unspecified atom stereocenters. The van der Waals surface area contributed by atoms with Crippen molar-refractivity contribution in [2.24, 2.45) is 5.92 Å². The van der Waals surface area contributed by atoms with Gasteiger partial charge >= 0.3 is 0 Å². The average molecular weight is 283 g/mol. The number of sulfonamides is 1. The quantitative estimate of drug-likeness (QED) is 0.835. The van der Waals surface area contributed by atoms with Crippen molar-refractivity contribution in [3.63, 3.8) is 0 Å². The third-order valence-corrected chi connectivity index (χ3v) is 4.20. The van der Waals surface area contributed by atoms with E-state index in [1.807, 2.05) is 6.07 Å². The van der Waals surface area contributed by atoms with Gasteiger partial charge < -0.3 is 5.11 Å². The molecular weight excluding hydrogens is 262 g/mol. The lowest BCUT2D eigenvalue weighted by molar-refractivity contribution is 0.356. The Morgan fingerprint density at radius 2 is 1.95 bits per heavy atom. The van der Waals surface area contributed by atoms with E-state index in [2.05, 4.69) is 4.72 Å². The Labute approximate surface area is 114 Å². The Hall–Kier alpha value is -1.23. The summed E-state index contributed by atoms with van der Waals surface area (Å²) < 4.78 is 24.8. The van der Waals surface area contributed by atoms with Gasteiger partial charge in [-0.15, -0.1) is 0 Å². The highest BCUT2D eigenvalue weighted by Crippen LogP contribution is 2.30. The average Bonchev–Trinajstić information content (AvgIpc) is 2.33. The van der Waals surface area contributed by atoms with Crippen LogP contribution in [0.5, 0.6) is 5.75 Å². The maximum absolute atomic E-state index is 11.2. The fourth-order valence-corrected chi connectivity index (χ4v) is 3.28. The van der Waals surface area contributed by atoms with Crippen LogP contribution in [0.25, 0.3) is 0 Å². The lowest BCUT2D eigenvalue weighted by Gasteiger charge is -2.21. The number of rotatable bonds is 4. The van der Waals surface area contributed by atoms with Crippen LogP contribution in [0.1, 0.15) is 37.7 Å². The van der Waals surface area contributed by atoms with Crippen molar-refractivity contribution >= 4 is 15.7 Å². The van der Waals surface area contributed by atoms with Crippen LogP contribution in [-0.2, 0) is 16.4 Å². The second-order valence-electron chi connectivity index (χ2n) is 5.43. The molecule has 1 aromatic rings. The molecule has 0 spiro atoms. The van der Waals surface area contributed by atoms with Crippen LogP contribution in [0.3, 0.4) is 0 Å². The molecule has 0 aliphatic heterocycles. The number of aromatic hydroxyl groups is 1. The predicted molar refractivity (Wildman–Crippen MR) is 76.9 cm³/mol. The molecule has 5 heteroatoms. The first-order chi connectivity index (χ1) is 8.94. The van der Waals surface area contributed by atoms with Crippen LogP contribution in [0, 0.1) is 5.92 Å². The molecule has 1 aromatic carbocycles. The molecule has 0 saturated heterocycles. The molecule has 19 heavy (non-hydrogen) atoms. The monoisotopic (exact) mass is 283 g/mol. The highest BCUT2D eigenvalue weighted by atomic mass is 32.2. The number of hydrogen-bond donors (Lipinski definition) is 2. The fraction of sp³-hybridized carbons (Fsp3) is 0.571. The third kappa shape index (κ3) is 4.42. The van der Waals surface area contributed by atoms with Gasteiger partial charge in [-0.05, 0) is 30.0 Å². The molecule has 0 atom stereocenters. The Bertz CT molecular complexity index is 534. The second kappa shape index (κ2) is 5.82. The summed E-state index contributed by atoms with van der Waals surface area (Å²) >= 11 is 0. The van der Waals surface area contributed by atoms with Crippen molar-refractivity contribution in [2.45, 2.75) is 38.5 Å². The van der Waals surface area contributed by atoms with Crippen molar-refractivity contribution in [1.29, 1.82) is 0 Å². The molecule has 0 amide bonds. The van der Waals surface area contributed by atoms with Gasteiger partial charge in [-0.3, -0.25) is 4.72 Å². The highest BCUT2D eigenvalue weighted by Gasteiger charge is 2.15. The molecule has 1 aliphatic carbocycles. The van der Waals surface area contributed by atoms with E-state index in [1.54, 1.807) is 12.1 Å². The molecule has 1 aliphatic rings. The van der Waals surface area contributed by atoms with E-state index in [0.717, 1.165) is 18.2 Å². The molecule has 1 saturated carbocycles. The van der Waals surface area contributed by atoms with E-state index < -0.39 is 10.0 Å². The van der Waals surface area contributed by atoms with E-state index in [-0.39, 0.29) is 11.4 Å². The summed E-state index contributed by atoms with van der Waals surface area (Å²) in [6.45, 7) is 0. The maximum Gasteiger partial charge on any atom is 0.229 e. The zero-order valence-corrected chi connectivity index (χ0v) is 12.0. The molecule has 106 valence electrons. The largest absolute Gasteiger partial charge is 0.506 e. The maximum atomic E-state index is 11.2. The summed E-state index contributed by atoms with van der Waals surface area (Å²) in [4.78, 5) is 0. The minimum Gasteiger partial charge on any atom is -0.506 e. The first-order valence-electron chi connectivity index (χ1n) is 6.74. The van der Waals surface area contributed by atoms with Crippen LogP contribution in [0.2, 0.25) is 0 Å². The number of benzene rings is 1. The lowest BCUT2D eigenvalue weighted by Crippen LogP contribution is -2.11. The number of hydrogen-bond acceptors (Lipinski definition) is 3. The van der Waals surface area contributed by atoms with Crippen molar-refractivity contribution in [3.8, 4) is 5.75 Å². The van der Waals surface area contributed by atoms with Crippen LogP contribution >= 0.6 is 0 Å². The lowest BCUT2D eigenvalue weighted by atomic mass is 9.85. The topological polar surface area (TPSA) is 66.4 Å². The molecule has 1 fully saturated rings. The van der Waals surface area contributed by atoms with Gasteiger partial charge in [0.2, 0.25) is 10.0 Å². The number of nitrogens with one attached hydrogen (secondary N) is 1. The minimum atomic E-state index is -3.36. The summed E-state index contributed by atoms with van der Waals surface area (Å²) in [6, 6.07) is 5.17. The SMILES string of the molecule is CS(=O)(=O)Nc1cc(CC2CCCCC2)ccc1O. The van der Waals surface area contributed by atoms with Gasteiger partial charge in [-0.25, -0.2) is 8.42 Å². The van der Waals surface area contributed by atoms with Crippen LogP contribution < -0.4 is 4.72 Å². The molecule has 0 heterocycles. The van der Waals surface area contributed by atoms with Gasteiger partial charge in [0, 0.05) is 0 Å². The molecular formula is C14H21NO3S. The molecule has 0 radical (unpaired) electrons. The Morgan fingerprint density at radius 1 is 1.26 bits per heavy atom. The normalized spacial score (nSPS) is 17.3. The number of phenols is 1. The molecule has 0 aromatic heterocycles. The van der Waals surface area contributed by atoms with E-state index in [9.17, 15) is 13.5 Å². The van der Waals surface area contributed by atoms with Crippen molar-refractivity contribution in [3.05, 3.63) is 23.8 Å². The summed E-state index contributed by atoms with van der Waals surface area (Å²) in [6.07, 6.45) is 8.44. The van der Waals surface area contributed by atoms with Crippen LogP contribution in [0.4, 0.5) is 5.69 Å². The highest BCUT2D eigenvalue weighted by molar-refractivity contribution is 7.92. The van der Waals surface area contributed by atoms with E-state index in [4.69, 9.17) is 0 Å². The number of phenolic OH excluding ortho intramolecular Hbond substituents is 1. The Morgan fingerprint density at radius 3 is 2.58 bits per heavy atom. The fourth-order valence-electron chi connectivity index (χ4n) is 2.72.